The van der Waals surface area contributed by atoms with E-state index in [2.05, 4.69) is 14.9 Å². The van der Waals surface area contributed by atoms with Crippen molar-refractivity contribution in [2.24, 2.45) is 0 Å². The first-order valence-electron chi connectivity index (χ1n) is 9.32. The summed E-state index contributed by atoms with van der Waals surface area (Å²) in [6.45, 7) is 6.17. The fourth-order valence-corrected chi connectivity index (χ4v) is 4.22. The summed E-state index contributed by atoms with van der Waals surface area (Å²) in [5.41, 5.74) is 0.944. The van der Waals surface area contributed by atoms with Crippen LogP contribution in [0.2, 0.25) is 0 Å². The van der Waals surface area contributed by atoms with E-state index in [4.69, 9.17) is 0 Å². The Morgan fingerprint density at radius 1 is 1.14 bits per heavy atom. The molecule has 0 radical (unpaired) electrons. The fourth-order valence-electron chi connectivity index (χ4n) is 2.96. The molecule has 0 saturated heterocycles. The minimum Gasteiger partial charge on any atom is -0.349 e. The summed E-state index contributed by atoms with van der Waals surface area (Å²) in [5.74, 6) is -0.498. The number of carbonyl (C=O) groups excluding carboxylic acids is 2. The second-order valence-electron chi connectivity index (χ2n) is 7.68. The number of hydrogen-bond donors (Lipinski definition) is 1. The van der Waals surface area contributed by atoms with Crippen molar-refractivity contribution in [3.63, 3.8) is 0 Å². The lowest BCUT2D eigenvalue weighted by atomic mass is 10.1. The first-order chi connectivity index (χ1) is 13.8. The molecule has 0 aliphatic rings. The number of carbonyl (C=O) groups is 2. The van der Waals surface area contributed by atoms with Crippen LogP contribution in [0.25, 0.3) is 0 Å². The molecule has 1 atom stereocenters. The number of hydrogen-bond acceptors (Lipinski definition) is 6. The van der Waals surface area contributed by atoms with Gasteiger partial charge in [0.15, 0.2) is 5.69 Å². The highest BCUT2D eigenvalue weighted by molar-refractivity contribution is 7.10. The van der Waals surface area contributed by atoms with Crippen molar-refractivity contribution >= 4 is 34.7 Å². The summed E-state index contributed by atoms with van der Waals surface area (Å²) < 4.78 is 3.82. The smallest absolute Gasteiger partial charge is 0.276 e. The zero-order chi connectivity index (χ0) is 20.9. The summed E-state index contributed by atoms with van der Waals surface area (Å²) in [7, 11) is 0. The van der Waals surface area contributed by atoms with Gasteiger partial charge in [0.05, 0.1) is 0 Å². The molecule has 0 saturated carbocycles. The van der Waals surface area contributed by atoms with Crippen molar-refractivity contribution in [2.75, 3.05) is 6.54 Å². The molecule has 0 aliphatic carbocycles. The number of nitrogens with one attached hydrogen (secondary N) is 1. The molecule has 0 unspecified atom stereocenters. The molecule has 0 spiro atoms. The Morgan fingerprint density at radius 3 is 2.48 bits per heavy atom. The third-order valence-electron chi connectivity index (χ3n) is 4.20. The number of benzene rings is 1. The molecule has 3 rings (SSSR count). The maximum Gasteiger partial charge on any atom is 0.276 e. The fraction of sp³-hybridized carbons (Fsp3) is 0.333. The monoisotopic (exact) mass is 428 g/mol. The third-order valence-corrected chi connectivity index (χ3v) is 5.62. The maximum atomic E-state index is 13.3. The van der Waals surface area contributed by atoms with Crippen LogP contribution in [-0.2, 0) is 11.2 Å². The van der Waals surface area contributed by atoms with Crippen LogP contribution in [0, 0.1) is 0 Å². The number of thiophene rings is 1. The van der Waals surface area contributed by atoms with Gasteiger partial charge in [-0.25, -0.2) is 0 Å². The molecule has 0 aliphatic heterocycles. The Morgan fingerprint density at radius 2 is 1.90 bits per heavy atom. The first kappa shape index (κ1) is 21.1. The molecule has 0 bridgehead atoms. The number of aromatic nitrogens is 2. The van der Waals surface area contributed by atoms with Crippen molar-refractivity contribution in [3.8, 4) is 0 Å². The Hall–Kier alpha value is -2.58. The van der Waals surface area contributed by atoms with Crippen molar-refractivity contribution < 1.29 is 9.59 Å². The lowest BCUT2D eigenvalue weighted by Gasteiger charge is -2.32. The summed E-state index contributed by atoms with van der Waals surface area (Å²) in [6.07, 6.45) is 0.634. The van der Waals surface area contributed by atoms with Crippen LogP contribution >= 0.6 is 22.9 Å². The van der Waals surface area contributed by atoms with E-state index < -0.39 is 11.6 Å². The summed E-state index contributed by atoms with van der Waals surface area (Å²) in [6, 6.07) is 13.0. The Balaban J connectivity index is 1.95. The third kappa shape index (κ3) is 5.71. The van der Waals surface area contributed by atoms with Crippen molar-refractivity contribution in [1.29, 1.82) is 0 Å². The van der Waals surface area contributed by atoms with E-state index in [-0.39, 0.29) is 17.5 Å². The van der Waals surface area contributed by atoms with E-state index >= 15 is 0 Å². The van der Waals surface area contributed by atoms with E-state index in [1.165, 1.54) is 11.3 Å². The lowest BCUT2D eigenvalue weighted by Crippen LogP contribution is -2.49. The average Bonchev–Trinajstić information content (AvgIpc) is 3.37. The van der Waals surface area contributed by atoms with Gasteiger partial charge in [-0.05, 0) is 55.7 Å². The van der Waals surface area contributed by atoms with Crippen LogP contribution in [0.15, 0.2) is 53.2 Å². The number of nitrogens with zero attached hydrogens (tertiary/aromatic N) is 3. The number of rotatable bonds is 7. The Kier molecular flexibility index (Phi) is 6.76. The summed E-state index contributed by atoms with van der Waals surface area (Å²) in [4.78, 5) is 29.0. The minimum atomic E-state index is -0.730. The van der Waals surface area contributed by atoms with Gasteiger partial charge in [0, 0.05) is 22.3 Å². The standard InChI is InChI=1S/C21H24N4O2S2/c1-21(2,3)22-19(26)18(17-10-7-13-28-17)25(20(27)16-14-29-24-23-16)12-11-15-8-5-4-6-9-15/h4-10,13-14,18H,11-12H2,1-3H3,(H,22,26)/t18-/m1/s1. The van der Waals surface area contributed by atoms with Crippen LogP contribution in [0.5, 0.6) is 0 Å². The van der Waals surface area contributed by atoms with Crippen molar-refractivity contribution in [1.82, 2.24) is 19.8 Å². The predicted octanol–water partition coefficient (Wildman–Crippen LogP) is 3.94. The van der Waals surface area contributed by atoms with E-state index in [1.54, 1.807) is 10.3 Å². The van der Waals surface area contributed by atoms with E-state index in [9.17, 15) is 9.59 Å². The van der Waals surface area contributed by atoms with Crippen LogP contribution in [-0.4, -0.2) is 38.4 Å². The highest BCUT2D eigenvalue weighted by Gasteiger charge is 2.35. The van der Waals surface area contributed by atoms with Gasteiger partial charge in [-0.2, -0.15) is 0 Å². The molecule has 152 valence electrons. The molecular weight excluding hydrogens is 404 g/mol. The molecular formula is C21H24N4O2S2. The molecule has 2 heterocycles. The number of amides is 2. The SMILES string of the molecule is CC(C)(C)NC(=O)[C@@H](c1cccs1)N(CCc1ccccc1)C(=O)c1csnn1. The summed E-state index contributed by atoms with van der Waals surface area (Å²) >= 11 is 2.58. The molecule has 2 aromatic heterocycles. The molecule has 8 heteroatoms. The van der Waals surface area contributed by atoms with Crippen LogP contribution in [0.1, 0.15) is 47.7 Å². The van der Waals surface area contributed by atoms with Crippen LogP contribution < -0.4 is 5.32 Å². The predicted molar refractivity (Wildman–Crippen MR) is 116 cm³/mol. The Labute approximate surface area is 178 Å². The van der Waals surface area contributed by atoms with Gasteiger partial charge in [0.2, 0.25) is 5.91 Å². The van der Waals surface area contributed by atoms with Gasteiger partial charge >= 0.3 is 0 Å². The van der Waals surface area contributed by atoms with Gasteiger partial charge < -0.3 is 10.2 Å². The maximum absolute atomic E-state index is 13.3. The molecule has 6 nitrogen and oxygen atoms in total. The quantitative estimate of drug-likeness (QED) is 0.618. The molecule has 1 N–H and O–H groups in total. The van der Waals surface area contributed by atoms with Crippen molar-refractivity contribution in [2.45, 2.75) is 38.8 Å². The zero-order valence-electron chi connectivity index (χ0n) is 16.7. The lowest BCUT2D eigenvalue weighted by molar-refractivity contribution is -0.127. The molecule has 3 aromatic rings. The second kappa shape index (κ2) is 9.28. The minimum absolute atomic E-state index is 0.204. The Bertz CT molecular complexity index is 920. The second-order valence-corrected chi connectivity index (χ2v) is 9.27. The normalized spacial score (nSPS) is 12.4. The average molecular weight is 429 g/mol. The van der Waals surface area contributed by atoms with Crippen LogP contribution in [0.3, 0.4) is 0 Å². The highest BCUT2D eigenvalue weighted by Crippen LogP contribution is 2.28. The highest BCUT2D eigenvalue weighted by atomic mass is 32.1. The first-order valence-corrected chi connectivity index (χ1v) is 11.0. The topological polar surface area (TPSA) is 75.2 Å². The molecule has 29 heavy (non-hydrogen) atoms. The zero-order valence-corrected chi connectivity index (χ0v) is 18.3. The molecule has 1 aromatic carbocycles. The van der Waals surface area contributed by atoms with Gasteiger partial charge in [0.1, 0.15) is 6.04 Å². The van der Waals surface area contributed by atoms with Crippen molar-refractivity contribution in [3.05, 3.63) is 69.4 Å². The molecule has 2 amide bonds. The van der Waals surface area contributed by atoms with Gasteiger partial charge in [-0.3, -0.25) is 9.59 Å². The van der Waals surface area contributed by atoms with Gasteiger partial charge in [0.25, 0.3) is 5.91 Å². The van der Waals surface area contributed by atoms with E-state index in [0.717, 1.165) is 22.0 Å². The van der Waals surface area contributed by atoms with Gasteiger partial charge in [-0.15, -0.1) is 16.4 Å². The molecule has 0 fully saturated rings. The summed E-state index contributed by atoms with van der Waals surface area (Å²) in [5, 5.41) is 10.5. The largest absolute Gasteiger partial charge is 0.349 e. The van der Waals surface area contributed by atoms with E-state index in [0.29, 0.717) is 13.0 Å². The van der Waals surface area contributed by atoms with Gasteiger partial charge in [-0.1, -0.05) is 40.9 Å². The van der Waals surface area contributed by atoms with E-state index in [1.807, 2.05) is 68.6 Å². The van der Waals surface area contributed by atoms with Crippen LogP contribution in [0.4, 0.5) is 0 Å².